The number of para-hydroxylation sites is 2. The van der Waals surface area contributed by atoms with E-state index in [1.807, 2.05) is 75.4 Å². The molecule has 0 aliphatic rings. The fraction of sp³-hybridized carbons (Fsp3) is 0.269. The number of amides is 1. The van der Waals surface area contributed by atoms with Crippen LogP contribution in [0.2, 0.25) is 0 Å². The number of benzene rings is 3. The average Bonchev–Trinajstić information content (AvgIpc) is 2.75. The number of nitrogens with one attached hydrogen (secondary N) is 1. The van der Waals surface area contributed by atoms with Gasteiger partial charge in [0.2, 0.25) is 0 Å². The topological polar surface area (TPSA) is 47.6 Å². The van der Waals surface area contributed by atoms with E-state index in [-0.39, 0.29) is 5.91 Å². The SMILES string of the molecule is CCOc1ccc(C(=O)Nc2c(C)cccc2CC)cc1COc1ccccc1C. The van der Waals surface area contributed by atoms with Crippen LogP contribution in [0.4, 0.5) is 5.69 Å². The molecule has 1 amide bonds. The Hall–Kier alpha value is -3.27. The molecular weight excluding hydrogens is 374 g/mol. The molecule has 30 heavy (non-hydrogen) atoms. The van der Waals surface area contributed by atoms with Crippen molar-refractivity contribution in [2.75, 3.05) is 11.9 Å². The molecule has 0 saturated heterocycles. The predicted molar refractivity (Wildman–Crippen MR) is 122 cm³/mol. The molecule has 156 valence electrons. The van der Waals surface area contributed by atoms with E-state index < -0.39 is 0 Å². The van der Waals surface area contributed by atoms with Crippen molar-refractivity contribution in [3.05, 3.63) is 88.5 Å². The van der Waals surface area contributed by atoms with Crippen LogP contribution in [0.5, 0.6) is 11.5 Å². The largest absolute Gasteiger partial charge is 0.493 e. The lowest BCUT2D eigenvalue weighted by Crippen LogP contribution is -2.15. The van der Waals surface area contributed by atoms with Crippen molar-refractivity contribution in [3.8, 4) is 11.5 Å². The summed E-state index contributed by atoms with van der Waals surface area (Å²) in [5, 5.41) is 3.09. The molecule has 0 radical (unpaired) electrons. The molecule has 4 heteroatoms. The van der Waals surface area contributed by atoms with Crippen molar-refractivity contribution in [2.45, 2.75) is 40.7 Å². The Kier molecular flexibility index (Phi) is 7.12. The van der Waals surface area contributed by atoms with E-state index in [4.69, 9.17) is 9.47 Å². The van der Waals surface area contributed by atoms with E-state index >= 15 is 0 Å². The number of hydrogen-bond acceptors (Lipinski definition) is 3. The van der Waals surface area contributed by atoms with Gasteiger partial charge in [-0.3, -0.25) is 4.79 Å². The first-order chi connectivity index (χ1) is 14.5. The quantitative estimate of drug-likeness (QED) is 0.495. The maximum Gasteiger partial charge on any atom is 0.255 e. The van der Waals surface area contributed by atoms with Gasteiger partial charge >= 0.3 is 0 Å². The van der Waals surface area contributed by atoms with Crippen molar-refractivity contribution in [3.63, 3.8) is 0 Å². The van der Waals surface area contributed by atoms with Crippen LogP contribution in [0.25, 0.3) is 0 Å². The fourth-order valence-electron chi connectivity index (χ4n) is 3.39. The van der Waals surface area contributed by atoms with Crippen molar-refractivity contribution in [1.29, 1.82) is 0 Å². The highest BCUT2D eigenvalue weighted by molar-refractivity contribution is 6.05. The number of aryl methyl sites for hydroxylation is 3. The molecule has 0 saturated carbocycles. The van der Waals surface area contributed by atoms with Gasteiger partial charge in [-0.2, -0.15) is 0 Å². The summed E-state index contributed by atoms with van der Waals surface area (Å²) in [6.45, 7) is 8.92. The number of carbonyl (C=O) groups excluding carboxylic acids is 1. The van der Waals surface area contributed by atoms with E-state index in [9.17, 15) is 4.79 Å². The zero-order valence-corrected chi connectivity index (χ0v) is 18.1. The highest BCUT2D eigenvalue weighted by Gasteiger charge is 2.14. The van der Waals surface area contributed by atoms with E-state index in [0.717, 1.165) is 45.9 Å². The second-order valence-electron chi connectivity index (χ2n) is 7.23. The normalized spacial score (nSPS) is 10.5. The number of ether oxygens (including phenoxy) is 2. The average molecular weight is 404 g/mol. The third-order valence-corrected chi connectivity index (χ3v) is 5.08. The summed E-state index contributed by atoms with van der Waals surface area (Å²) in [5.41, 5.74) is 5.54. The fourth-order valence-corrected chi connectivity index (χ4v) is 3.39. The van der Waals surface area contributed by atoms with Crippen LogP contribution in [-0.4, -0.2) is 12.5 Å². The Bertz CT molecular complexity index is 1030. The van der Waals surface area contributed by atoms with E-state index in [0.29, 0.717) is 18.8 Å². The second kappa shape index (κ2) is 9.97. The van der Waals surface area contributed by atoms with Crippen molar-refractivity contribution >= 4 is 11.6 Å². The van der Waals surface area contributed by atoms with Gasteiger partial charge in [-0.25, -0.2) is 0 Å². The molecule has 0 spiro atoms. The molecule has 0 fully saturated rings. The summed E-state index contributed by atoms with van der Waals surface area (Å²) >= 11 is 0. The molecule has 0 bridgehead atoms. The van der Waals surface area contributed by atoms with Crippen LogP contribution >= 0.6 is 0 Å². The molecule has 0 unspecified atom stereocenters. The standard InChI is InChI=1S/C26H29NO3/c1-5-20-12-9-11-19(4)25(20)27-26(28)21-14-15-24(29-6-2)22(16-21)17-30-23-13-8-7-10-18(23)3/h7-16H,5-6,17H2,1-4H3,(H,27,28). The first-order valence-corrected chi connectivity index (χ1v) is 10.4. The van der Waals surface area contributed by atoms with Gasteiger partial charge < -0.3 is 14.8 Å². The van der Waals surface area contributed by atoms with E-state index in [1.165, 1.54) is 0 Å². The Balaban J connectivity index is 1.84. The number of rotatable bonds is 8. The molecule has 3 aromatic carbocycles. The highest BCUT2D eigenvalue weighted by Crippen LogP contribution is 2.26. The maximum absolute atomic E-state index is 13.0. The van der Waals surface area contributed by atoms with Gasteiger partial charge in [0.15, 0.2) is 0 Å². The van der Waals surface area contributed by atoms with Gasteiger partial charge in [0, 0.05) is 16.8 Å². The molecule has 3 rings (SSSR count). The smallest absolute Gasteiger partial charge is 0.255 e. The molecule has 0 heterocycles. The number of hydrogen-bond donors (Lipinski definition) is 1. The molecule has 3 aromatic rings. The summed E-state index contributed by atoms with van der Waals surface area (Å²) in [6, 6.07) is 19.4. The molecule has 0 aromatic heterocycles. The zero-order chi connectivity index (χ0) is 21.5. The predicted octanol–water partition coefficient (Wildman–Crippen LogP) is 6.10. The van der Waals surface area contributed by atoms with Crippen LogP contribution in [0.1, 0.15) is 46.5 Å². The van der Waals surface area contributed by atoms with Crippen LogP contribution in [-0.2, 0) is 13.0 Å². The highest BCUT2D eigenvalue weighted by atomic mass is 16.5. The van der Waals surface area contributed by atoms with E-state index in [2.05, 4.69) is 12.2 Å². The lowest BCUT2D eigenvalue weighted by Gasteiger charge is -2.16. The summed E-state index contributed by atoms with van der Waals surface area (Å²) in [5.74, 6) is 1.41. The molecule has 0 aliphatic heterocycles. The third kappa shape index (κ3) is 5.01. The molecule has 1 N–H and O–H groups in total. The molecule has 4 nitrogen and oxygen atoms in total. The maximum atomic E-state index is 13.0. The van der Waals surface area contributed by atoms with Crippen molar-refractivity contribution in [2.24, 2.45) is 0 Å². The summed E-state index contributed by atoms with van der Waals surface area (Å²) < 4.78 is 11.8. The van der Waals surface area contributed by atoms with Crippen LogP contribution in [0.3, 0.4) is 0 Å². The van der Waals surface area contributed by atoms with Gasteiger partial charge in [0.1, 0.15) is 18.1 Å². The zero-order valence-electron chi connectivity index (χ0n) is 18.1. The first kappa shape index (κ1) is 21.4. The first-order valence-electron chi connectivity index (χ1n) is 10.4. The second-order valence-corrected chi connectivity index (χ2v) is 7.23. The molecule has 0 atom stereocenters. The lowest BCUT2D eigenvalue weighted by atomic mass is 10.0. The van der Waals surface area contributed by atoms with E-state index in [1.54, 1.807) is 6.07 Å². The van der Waals surface area contributed by atoms with Gasteiger partial charge in [-0.05, 0) is 68.1 Å². The van der Waals surface area contributed by atoms with Crippen molar-refractivity contribution < 1.29 is 14.3 Å². The Morgan fingerprint density at radius 3 is 2.33 bits per heavy atom. The van der Waals surface area contributed by atoms with Crippen molar-refractivity contribution in [1.82, 2.24) is 0 Å². The Labute approximate surface area is 178 Å². The third-order valence-electron chi connectivity index (χ3n) is 5.08. The van der Waals surface area contributed by atoms with Gasteiger partial charge in [0.05, 0.1) is 6.61 Å². The summed E-state index contributed by atoms with van der Waals surface area (Å²) in [6.07, 6.45) is 0.857. The Morgan fingerprint density at radius 2 is 1.60 bits per heavy atom. The van der Waals surface area contributed by atoms with Gasteiger partial charge in [-0.15, -0.1) is 0 Å². The lowest BCUT2D eigenvalue weighted by molar-refractivity contribution is 0.102. The van der Waals surface area contributed by atoms with Gasteiger partial charge in [0.25, 0.3) is 5.91 Å². The minimum absolute atomic E-state index is 0.140. The summed E-state index contributed by atoms with van der Waals surface area (Å²) in [7, 11) is 0. The van der Waals surface area contributed by atoms with Crippen LogP contribution < -0.4 is 14.8 Å². The number of anilines is 1. The monoisotopic (exact) mass is 403 g/mol. The summed E-state index contributed by atoms with van der Waals surface area (Å²) in [4.78, 5) is 13.0. The van der Waals surface area contributed by atoms with Crippen LogP contribution in [0, 0.1) is 13.8 Å². The molecular formula is C26H29NO3. The molecule has 0 aliphatic carbocycles. The Morgan fingerprint density at radius 1 is 0.833 bits per heavy atom. The number of carbonyl (C=O) groups is 1. The van der Waals surface area contributed by atoms with Crippen LogP contribution in [0.15, 0.2) is 60.7 Å². The minimum atomic E-state index is -0.140. The van der Waals surface area contributed by atoms with Gasteiger partial charge in [-0.1, -0.05) is 43.3 Å². The minimum Gasteiger partial charge on any atom is -0.493 e.